The van der Waals surface area contributed by atoms with Crippen LogP contribution in [0.3, 0.4) is 0 Å². The number of aromatic nitrogens is 2. The summed E-state index contributed by atoms with van der Waals surface area (Å²) in [4.78, 5) is 14.7. The standard InChI is InChI=1S/C22H28N4O3/c1-25-20-18(28-2)13-22(29-19(20)14-23-25)8-10-26(11-9-22)21(27)24-17-12-16(17)15-6-4-3-5-7-15/h3-7,14,16-18H,8-13H2,1-2H3,(H,24,27)/t16-,17+,18-/m0/s1. The fourth-order valence-corrected chi connectivity index (χ4v) is 4.87. The number of fused-ring (bicyclic) bond motifs is 1. The van der Waals surface area contributed by atoms with Crippen molar-refractivity contribution in [3.8, 4) is 5.75 Å². The molecule has 1 N–H and O–H groups in total. The third-order valence-electron chi connectivity index (χ3n) is 6.71. The molecule has 1 saturated heterocycles. The van der Waals surface area contributed by atoms with Gasteiger partial charge in [0.1, 0.15) is 17.4 Å². The van der Waals surface area contributed by atoms with E-state index in [1.165, 1.54) is 5.56 Å². The number of benzene rings is 1. The zero-order valence-corrected chi connectivity index (χ0v) is 17.0. The Hall–Kier alpha value is -2.54. The van der Waals surface area contributed by atoms with Crippen LogP contribution in [0.15, 0.2) is 36.5 Å². The van der Waals surface area contributed by atoms with Crippen LogP contribution in [0.2, 0.25) is 0 Å². The van der Waals surface area contributed by atoms with Crippen molar-refractivity contribution in [1.29, 1.82) is 0 Å². The molecule has 0 radical (unpaired) electrons. The summed E-state index contributed by atoms with van der Waals surface area (Å²) in [6.07, 6.45) is 5.19. The van der Waals surface area contributed by atoms with Crippen LogP contribution in [-0.2, 0) is 11.8 Å². The second-order valence-electron chi connectivity index (χ2n) is 8.53. The van der Waals surface area contributed by atoms with Crippen molar-refractivity contribution < 1.29 is 14.3 Å². The number of ether oxygens (including phenoxy) is 2. The Bertz CT molecular complexity index is 889. The predicted octanol–water partition coefficient (Wildman–Crippen LogP) is 2.99. The summed E-state index contributed by atoms with van der Waals surface area (Å²) in [5.41, 5.74) is 2.03. The van der Waals surface area contributed by atoms with Gasteiger partial charge in [0, 0.05) is 58.5 Å². The van der Waals surface area contributed by atoms with Crippen molar-refractivity contribution in [2.75, 3.05) is 20.2 Å². The van der Waals surface area contributed by atoms with Gasteiger partial charge < -0.3 is 19.7 Å². The maximum Gasteiger partial charge on any atom is 0.317 e. The summed E-state index contributed by atoms with van der Waals surface area (Å²) in [7, 11) is 3.65. The SMILES string of the molecule is CO[C@H]1CC2(CCN(C(=O)N[C@@H]3C[C@H]3c3ccccc3)CC2)Oc2cnn(C)c21. The summed E-state index contributed by atoms with van der Waals surface area (Å²) in [5, 5.41) is 7.54. The lowest BCUT2D eigenvalue weighted by atomic mass is 9.83. The van der Waals surface area contributed by atoms with Gasteiger partial charge in [0.05, 0.1) is 6.20 Å². The monoisotopic (exact) mass is 396 g/mol. The number of nitrogens with zero attached hydrogens (tertiary/aromatic N) is 3. The summed E-state index contributed by atoms with van der Waals surface area (Å²) in [5.74, 6) is 1.26. The number of hydrogen-bond donors (Lipinski definition) is 1. The molecule has 0 unspecified atom stereocenters. The lowest BCUT2D eigenvalue weighted by Gasteiger charge is -2.45. The molecule has 3 aliphatic rings. The molecular weight excluding hydrogens is 368 g/mol. The summed E-state index contributed by atoms with van der Waals surface area (Å²) in [6.45, 7) is 1.39. The number of amides is 2. The van der Waals surface area contributed by atoms with Crippen molar-refractivity contribution in [1.82, 2.24) is 20.0 Å². The van der Waals surface area contributed by atoms with E-state index in [1.54, 1.807) is 13.3 Å². The Labute approximate surface area is 171 Å². The van der Waals surface area contributed by atoms with Gasteiger partial charge in [-0.05, 0) is 12.0 Å². The first-order valence-corrected chi connectivity index (χ1v) is 10.4. The largest absolute Gasteiger partial charge is 0.483 e. The molecular formula is C22H28N4O3. The first-order chi connectivity index (χ1) is 14.1. The van der Waals surface area contributed by atoms with Crippen molar-refractivity contribution in [3.05, 3.63) is 47.8 Å². The van der Waals surface area contributed by atoms with Crippen LogP contribution in [-0.4, -0.2) is 52.6 Å². The van der Waals surface area contributed by atoms with E-state index in [2.05, 4.69) is 34.7 Å². The Kier molecular flexibility index (Phi) is 4.50. The van der Waals surface area contributed by atoms with E-state index in [0.29, 0.717) is 19.0 Å². The van der Waals surface area contributed by atoms with Crippen molar-refractivity contribution >= 4 is 6.03 Å². The maximum atomic E-state index is 12.8. The zero-order valence-electron chi connectivity index (χ0n) is 17.0. The van der Waals surface area contributed by atoms with Gasteiger partial charge in [-0.3, -0.25) is 4.68 Å². The molecule has 3 heterocycles. The van der Waals surface area contributed by atoms with E-state index in [0.717, 1.165) is 37.1 Å². The Balaban J connectivity index is 1.18. The smallest absolute Gasteiger partial charge is 0.317 e. The molecule has 1 aromatic heterocycles. The molecule has 2 amide bonds. The number of methoxy groups -OCH3 is 1. The molecule has 3 atom stereocenters. The molecule has 7 nitrogen and oxygen atoms in total. The van der Waals surface area contributed by atoms with E-state index in [1.807, 2.05) is 22.7 Å². The van der Waals surface area contributed by atoms with Crippen LogP contribution in [0.5, 0.6) is 5.75 Å². The topological polar surface area (TPSA) is 68.6 Å². The molecule has 5 rings (SSSR count). The molecule has 154 valence electrons. The minimum absolute atomic E-state index is 0.0234. The van der Waals surface area contributed by atoms with Gasteiger partial charge in [0.25, 0.3) is 0 Å². The molecule has 2 aromatic rings. The summed E-state index contributed by atoms with van der Waals surface area (Å²) >= 11 is 0. The predicted molar refractivity (Wildman–Crippen MR) is 108 cm³/mol. The minimum Gasteiger partial charge on any atom is -0.483 e. The van der Waals surface area contributed by atoms with Gasteiger partial charge in [0.15, 0.2) is 5.75 Å². The summed E-state index contributed by atoms with van der Waals surface area (Å²) < 4.78 is 14.0. The molecule has 1 aromatic carbocycles. The van der Waals surface area contributed by atoms with Crippen molar-refractivity contribution in [3.63, 3.8) is 0 Å². The van der Waals surface area contributed by atoms with E-state index in [9.17, 15) is 4.79 Å². The Morgan fingerprint density at radius 3 is 2.76 bits per heavy atom. The van der Waals surface area contributed by atoms with E-state index < -0.39 is 0 Å². The second kappa shape index (κ2) is 7.06. The number of hydrogen-bond acceptors (Lipinski definition) is 4. The van der Waals surface area contributed by atoms with E-state index in [-0.39, 0.29) is 23.8 Å². The minimum atomic E-state index is -0.278. The highest BCUT2D eigenvalue weighted by Crippen LogP contribution is 2.45. The Morgan fingerprint density at radius 2 is 2.03 bits per heavy atom. The fourth-order valence-electron chi connectivity index (χ4n) is 4.87. The third-order valence-corrected chi connectivity index (χ3v) is 6.71. The average Bonchev–Trinajstić information content (AvgIpc) is 3.42. The first kappa shape index (κ1) is 18.5. The van der Waals surface area contributed by atoms with Gasteiger partial charge in [-0.15, -0.1) is 0 Å². The van der Waals surface area contributed by atoms with Gasteiger partial charge in [-0.1, -0.05) is 30.3 Å². The molecule has 1 spiro atoms. The van der Waals surface area contributed by atoms with E-state index in [4.69, 9.17) is 9.47 Å². The maximum absolute atomic E-state index is 12.8. The number of carbonyl (C=O) groups excluding carboxylic acids is 1. The van der Waals surface area contributed by atoms with Crippen LogP contribution in [0.1, 0.15) is 49.0 Å². The molecule has 0 bridgehead atoms. The van der Waals surface area contributed by atoms with Crippen LogP contribution in [0, 0.1) is 0 Å². The number of piperidine rings is 1. The number of nitrogens with one attached hydrogen (secondary N) is 1. The number of rotatable bonds is 3. The molecule has 29 heavy (non-hydrogen) atoms. The van der Waals surface area contributed by atoms with Crippen LogP contribution in [0.25, 0.3) is 0 Å². The highest BCUT2D eigenvalue weighted by molar-refractivity contribution is 5.75. The van der Waals surface area contributed by atoms with Gasteiger partial charge >= 0.3 is 6.03 Å². The Morgan fingerprint density at radius 1 is 1.28 bits per heavy atom. The molecule has 1 saturated carbocycles. The molecule has 2 aliphatic heterocycles. The lowest BCUT2D eigenvalue weighted by Crippen LogP contribution is -2.54. The number of aryl methyl sites for hydroxylation is 1. The molecule has 2 fully saturated rings. The van der Waals surface area contributed by atoms with Crippen molar-refractivity contribution in [2.24, 2.45) is 7.05 Å². The van der Waals surface area contributed by atoms with Crippen molar-refractivity contribution in [2.45, 2.75) is 49.3 Å². The van der Waals surface area contributed by atoms with E-state index >= 15 is 0 Å². The highest BCUT2D eigenvalue weighted by Gasteiger charge is 2.46. The lowest BCUT2D eigenvalue weighted by molar-refractivity contribution is -0.0619. The van der Waals surface area contributed by atoms with Gasteiger partial charge in [-0.25, -0.2) is 4.79 Å². The highest BCUT2D eigenvalue weighted by atomic mass is 16.5. The third kappa shape index (κ3) is 3.37. The molecule has 1 aliphatic carbocycles. The number of carbonyl (C=O) groups is 1. The fraction of sp³-hybridized carbons (Fsp3) is 0.545. The quantitative estimate of drug-likeness (QED) is 0.866. The van der Waals surface area contributed by atoms with Crippen LogP contribution in [0.4, 0.5) is 4.79 Å². The number of likely N-dealkylation sites (tertiary alicyclic amines) is 1. The van der Waals surface area contributed by atoms with Gasteiger partial charge in [0.2, 0.25) is 0 Å². The van der Waals surface area contributed by atoms with Crippen LogP contribution < -0.4 is 10.1 Å². The average molecular weight is 396 g/mol. The first-order valence-electron chi connectivity index (χ1n) is 10.4. The number of urea groups is 1. The van der Waals surface area contributed by atoms with Gasteiger partial charge in [-0.2, -0.15) is 5.10 Å². The zero-order chi connectivity index (χ0) is 20.0. The normalized spacial score (nSPS) is 27.2. The second-order valence-corrected chi connectivity index (χ2v) is 8.53. The molecule has 7 heteroatoms. The summed E-state index contributed by atoms with van der Waals surface area (Å²) in [6, 6.07) is 10.7. The van der Waals surface area contributed by atoms with Crippen LogP contribution >= 0.6 is 0 Å².